The highest BCUT2D eigenvalue weighted by atomic mass is 32.1. The number of nitrogens with zero attached hydrogens (tertiary/aromatic N) is 2. The SMILES string of the molecule is CN(CC1(O)CCCC1)C(=O)/C=C/c1nc2ccccc2s1. The molecule has 0 aliphatic heterocycles. The predicted molar refractivity (Wildman–Crippen MR) is 89.7 cm³/mol. The molecule has 0 saturated heterocycles. The van der Waals surface area contributed by atoms with Gasteiger partial charge >= 0.3 is 0 Å². The van der Waals surface area contributed by atoms with Crippen LogP contribution in [0.3, 0.4) is 0 Å². The number of hydrogen-bond acceptors (Lipinski definition) is 4. The molecule has 1 N–H and O–H groups in total. The molecule has 1 aliphatic rings. The standard InChI is InChI=1S/C17H20N2O2S/c1-19(12-17(21)10-4-5-11-17)16(20)9-8-15-18-13-6-2-3-7-14(13)22-15/h2-3,6-9,21H,4-5,10-12H2,1H3/b9-8+. The number of carbonyl (C=O) groups excluding carboxylic acids is 1. The Balaban J connectivity index is 1.65. The molecule has 0 atom stereocenters. The lowest BCUT2D eigenvalue weighted by Crippen LogP contribution is -2.41. The van der Waals surface area contributed by atoms with E-state index in [0.29, 0.717) is 6.54 Å². The minimum absolute atomic E-state index is 0.0976. The second kappa shape index (κ2) is 6.18. The average molecular weight is 316 g/mol. The smallest absolute Gasteiger partial charge is 0.246 e. The Morgan fingerprint density at radius 1 is 1.41 bits per heavy atom. The number of hydrogen-bond donors (Lipinski definition) is 1. The van der Waals surface area contributed by atoms with Gasteiger partial charge in [-0.3, -0.25) is 4.79 Å². The molecule has 22 heavy (non-hydrogen) atoms. The molecule has 0 unspecified atom stereocenters. The molecule has 0 spiro atoms. The monoisotopic (exact) mass is 316 g/mol. The van der Waals surface area contributed by atoms with E-state index in [-0.39, 0.29) is 5.91 Å². The molecule has 1 saturated carbocycles. The van der Waals surface area contributed by atoms with E-state index in [4.69, 9.17) is 0 Å². The van der Waals surface area contributed by atoms with E-state index in [1.165, 1.54) is 6.08 Å². The van der Waals surface area contributed by atoms with Crippen LogP contribution in [0, 0.1) is 0 Å². The predicted octanol–water partition coefficient (Wildman–Crippen LogP) is 3.07. The second-order valence-corrected chi connectivity index (χ2v) is 7.04. The summed E-state index contributed by atoms with van der Waals surface area (Å²) in [6, 6.07) is 7.92. The summed E-state index contributed by atoms with van der Waals surface area (Å²) in [5.74, 6) is -0.0976. The third-order valence-corrected chi connectivity index (χ3v) is 5.12. The Hall–Kier alpha value is -1.72. The number of rotatable bonds is 4. The molecule has 5 heteroatoms. The van der Waals surface area contributed by atoms with E-state index < -0.39 is 5.60 Å². The fraction of sp³-hybridized carbons (Fsp3) is 0.412. The highest BCUT2D eigenvalue weighted by Gasteiger charge is 2.32. The highest BCUT2D eigenvalue weighted by Crippen LogP contribution is 2.30. The van der Waals surface area contributed by atoms with E-state index in [1.54, 1.807) is 29.4 Å². The lowest BCUT2D eigenvalue weighted by atomic mass is 10.0. The summed E-state index contributed by atoms with van der Waals surface area (Å²) in [5, 5.41) is 11.2. The topological polar surface area (TPSA) is 53.4 Å². The van der Waals surface area contributed by atoms with Gasteiger partial charge < -0.3 is 10.0 Å². The van der Waals surface area contributed by atoms with E-state index in [1.807, 2.05) is 24.3 Å². The van der Waals surface area contributed by atoms with Gasteiger partial charge in [0.2, 0.25) is 5.91 Å². The zero-order chi connectivity index (χ0) is 15.6. The van der Waals surface area contributed by atoms with Crippen molar-refractivity contribution in [3.63, 3.8) is 0 Å². The average Bonchev–Trinajstić information content (AvgIpc) is 3.10. The van der Waals surface area contributed by atoms with Crippen molar-refractivity contribution >= 4 is 33.5 Å². The van der Waals surface area contributed by atoms with E-state index >= 15 is 0 Å². The molecule has 116 valence electrons. The van der Waals surface area contributed by atoms with Crippen LogP contribution in [0.15, 0.2) is 30.3 Å². The number of aromatic nitrogens is 1. The van der Waals surface area contributed by atoms with Crippen molar-refractivity contribution < 1.29 is 9.90 Å². The van der Waals surface area contributed by atoms with Crippen molar-refractivity contribution in [1.29, 1.82) is 0 Å². The first-order valence-electron chi connectivity index (χ1n) is 7.57. The molecule has 1 fully saturated rings. The van der Waals surface area contributed by atoms with Crippen molar-refractivity contribution in [2.45, 2.75) is 31.3 Å². The van der Waals surface area contributed by atoms with Gasteiger partial charge in [0.25, 0.3) is 0 Å². The zero-order valence-electron chi connectivity index (χ0n) is 12.7. The van der Waals surface area contributed by atoms with Gasteiger partial charge in [-0.1, -0.05) is 25.0 Å². The molecule has 1 heterocycles. The largest absolute Gasteiger partial charge is 0.388 e. The second-order valence-electron chi connectivity index (χ2n) is 5.98. The lowest BCUT2D eigenvalue weighted by Gasteiger charge is -2.27. The lowest BCUT2D eigenvalue weighted by molar-refractivity contribution is -0.127. The molecular formula is C17H20N2O2S. The number of benzene rings is 1. The van der Waals surface area contributed by atoms with E-state index in [9.17, 15) is 9.90 Å². The quantitative estimate of drug-likeness (QED) is 0.882. The third kappa shape index (κ3) is 3.36. The number of fused-ring (bicyclic) bond motifs is 1. The number of amides is 1. The van der Waals surface area contributed by atoms with Gasteiger partial charge in [0.15, 0.2) is 0 Å². The summed E-state index contributed by atoms with van der Waals surface area (Å²) in [6.07, 6.45) is 6.94. The summed E-state index contributed by atoms with van der Waals surface area (Å²) in [4.78, 5) is 18.2. The van der Waals surface area contributed by atoms with Crippen molar-refractivity contribution in [2.24, 2.45) is 0 Å². The number of aliphatic hydroxyl groups is 1. The Morgan fingerprint density at radius 3 is 2.86 bits per heavy atom. The van der Waals surface area contributed by atoms with Crippen molar-refractivity contribution in [3.05, 3.63) is 35.3 Å². The van der Waals surface area contributed by atoms with Crippen molar-refractivity contribution in [3.8, 4) is 0 Å². The van der Waals surface area contributed by atoms with E-state index in [2.05, 4.69) is 4.98 Å². The first-order chi connectivity index (χ1) is 10.6. The first kappa shape index (κ1) is 15.2. The summed E-state index contributed by atoms with van der Waals surface area (Å²) >= 11 is 1.57. The Labute approximate surface area is 134 Å². The Morgan fingerprint density at radius 2 is 2.14 bits per heavy atom. The van der Waals surface area contributed by atoms with Crippen LogP contribution in [0.2, 0.25) is 0 Å². The summed E-state index contributed by atoms with van der Waals surface area (Å²) in [7, 11) is 1.74. The normalized spacial score (nSPS) is 17.4. The molecule has 3 rings (SSSR count). The van der Waals surface area contributed by atoms with Gasteiger partial charge in [0.05, 0.1) is 15.8 Å². The minimum Gasteiger partial charge on any atom is -0.388 e. The summed E-state index contributed by atoms with van der Waals surface area (Å²) in [5.41, 5.74) is 0.252. The van der Waals surface area contributed by atoms with Crippen LogP contribution in [0.25, 0.3) is 16.3 Å². The molecule has 1 aliphatic carbocycles. The van der Waals surface area contributed by atoms with Crippen LogP contribution in [-0.2, 0) is 4.79 Å². The van der Waals surface area contributed by atoms with Gasteiger partial charge in [0, 0.05) is 19.7 Å². The highest BCUT2D eigenvalue weighted by molar-refractivity contribution is 7.19. The molecule has 2 aromatic rings. The molecule has 0 bridgehead atoms. The minimum atomic E-state index is -0.700. The Bertz CT molecular complexity index is 669. The van der Waals surface area contributed by atoms with Gasteiger partial charge in [0.1, 0.15) is 5.01 Å². The fourth-order valence-electron chi connectivity index (χ4n) is 2.94. The zero-order valence-corrected chi connectivity index (χ0v) is 13.5. The Kier molecular flexibility index (Phi) is 4.27. The maximum Gasteiger partial charge on any atom is 0.246 e. The molecule has 1 aromatic carbocycles. The third-order valence-electron chi connectivity index (χ3n) is 4.12. The van der Waals surface area contributed by atoms with Gasteiger partial charge in [-0.25, -0.2) is 4.98 Å². The summed E-state index contributed by atoms with van der Waals surface area (Å²) < 4.78 is 1.11. The van der Waals surface area contributed by atoms with Crippen molar-refractivity contribution in [1.82, 2.24) is 9.88 Å². The molecular weight excluding hydrogens is 296 g/mol. The number of likely N-dealkylation sites (N-methyl/N-ethyl adjacent to an activating group) is 1. The van der Waals surface area contributed by atoms with Crippen LogP contribution in [0.4, 0.5) is 0 Å². The van der Waals surface area contributed by atoms with Gasteiger partial charge in [-0.15, -0.1) is 11.3 Å². The van der Waals surface area contributed by atoms with Crippen LogP contribution in [0.5, 0.6) is 0 Å². The van der Waals surface area contributed by atoms with Gasteiger partial charge in [-0.05, 0) is 31.1 Å². The van der Waals surface area contributed by atoms with Gasteiger partial charge in [-0.2, -0.15) is 0 Å². The first-order valence-corrected chi connectivity index (χ1v) is 8.39. The maximum atomic E-state index is 12.2. The molecule has 1 aromatic heterocycles. The maximum absolute atomic E-state index is 12.2. The molecule has 1 amide bonds. The van der Waals surface area contributed by atoms with Crippen LogP contribution in [-0.4, -0.2) is 40.1 Å². The number of carbonyl (C=O) groups is 1. The summed E-state index contributed by atoms with van der Waals surface area (Å²) in [6.45, 7) is 0.399. The van der Waals surface area contributed by atoms with E-state index in [0.717, 1.165) is 40.9 Å². The molecule has 0 radical (unpaired) electrons. The van der Waals surface area contributed by atoms with Crippen LogP contribution in [0.1, 0.15) is 30.7 Å². The van der Waals surface area contributed by atoms with Crippen LogP contribution < -0.4 is 0 Å². The number of thiazole rings is 1. The van der Waals surface area contributed by atoms with Crippen LogP contribution >= 0.6 is 11.3 Å². The fourth-order valence-corrected chi connectivity index (χ4v) is 3.81. The molecule has 4 nitrogen and oxygen atoms in total. The van der Waals surface area contributed by atoms with Crippen molar-refractivity contribution in [2.75, 3.05) is 13.6 Å². The number of para-hydroxylation sites is 1.